The van der Waals surface area contributed by atoms with Gasteiger partial charge in [-0.05, 0) is 48.0 Å². The van der Waals surface area contributed by atoms with E-state index < -0.39 is 11.3 Å². The van der Waals surface area contributed by atoms with Gasteiger partial charge in [0.1, 0.15) is 35.1 Å². The van der Waals surface area contributed by atoms with Crippen LogP contribution in [0.15, 0.2) is 91.2 Å². The first-order valence-corrected chi connectivity index (χ1v) is 10.1. The lowest BCUT2D eigenvalue weighted by Crippen LogP contribution is -2.06. The van der Waals surface area contributed by atoms with Crippen molar-refractivity contribution in [3.05, 3.63) is 105 Å². The fourth-order valence-electron chi connectivity index (χ4n) is 3.66. The lowest BCUT2D eigenvalue weighted by Gasteiger charge is -2.09. The standard InChI is InChI=1S/C26H17FO6/c1-30-18-7-8-20-21(13-25(28)32-24(20)11-18)22-10-16-5-6-19(12-23(16)33-26(22)29)31-14-15-3-2-4-17(27)9-15/h2-13H,14H2,1H3. The van der Waals surface area contributed by atoms with Crippen molar-refractivity contribution in [1.82, 2.24) is 0 Å². The van der Waals surface area contributed by atoms with Crippen LogP contribution >= 0.6 is 0 Å². The Morgan fingerprint density at radius 2 is 1.64 bits per heavy atom. The highest BCUT2D eigenvalue weighted by molar-refractivity contribution is 5.95. The second kappa shape index (κ2) is 8.27. The summed E-state index contributed by atoms with van der Waals surface area (Å²) in [4.78, 5) is 25.0. The Morgan fingerprint density at radius 3 is 2.45 bits per heavy atom. The fraction of sp³-hybridized carbons (Fsp3) is 0.0769. The second-order valence-electron chi connectivity index (χ2n) is 7.41. The largest absolute Gasteiger partial charge is 0.497 e. The summed E-state index contributed by atoms with van der Waals surface area (Å²) in [5.41, 5.74) is 0.758. The van der Waals surface area contributed by atoms with E-state index in [-0.39, 0.29) is 18.0 Å². The number of hydrogen-bond donors (Lipinski definition) is 0. The SMILES string of the molecule is COc1ccc2c(-c3cc4ccc(OCc5cccc(F)c5)cc4oc3=O)cc(=O)oc2c1. The summed E-state index contributed by atoms with van der Waals surface area (Å²) >= 11 is 0. The van der Waals surface area contributed by atoms with Gasteiger partial charge in [-0.1, -0.05) is 12.1 Å². The van der Waals surface area contributed by atoms with E-state index in [1.54, 1.807) is 54.6 Å². The Morgan fingerprint density at radius 1 is 0.818 bits per heavy atom. The van der Waals surface area contributed by atoms with Crippen LogP contribution < -0.4 is 20.7 Å². The van der Waals surface area contributed by atoms with Crippen LogP contribution in [0.5, 0.6) is 11.5 Å². The number of rotatable bonds is 5. The molecule has 33 heavy (non-hydrogen) atoms. The summed E-state index contributed by atoms with van der Waals surface area (Å²) in [6.07, 6.45) is 0. The molecule has 5 rings (SSSR count). The molecule has 6 nitrogen and oxygen atoms in total. The first-order valence-electron chi connectivity index (χ1n) is 10.1. The minimum Gasteiger partial charge on any atom is -0.497 e. The van der Waals surface area contributed by atoms with Gasteiger partial charge in [-0.2, -0.15) is 0 Å². The van der Waals surface area contributed by atoms with Crippen molar-refractivity contribution >= 4 is 21.9 Å². The molecule has 0 unspecified atom stereocenters. The zero-order valence-corrected chi connectivity index (χ0v) is 17.5. The van der Waals surface area contributed by atoms with Crippen LogP contribution in [0, 0.1) is 5.82 Å². The van der Waals surface area contributed by atoms with Crippen molar-refractivity contribution in [2.24, 2.45) is 0 Å². The van der Waals surface area contributed by atoms with Crippen LogP contribution in [0.3, 0.4) is 0 Å². The number of benzene rings is 3. The Labute approximate surface area is 186 Å². The molecule has 0 fully saturated rings. The first kappa shape index (κ1) is 20.5. The monoisotopic (exact) mass is 444 g/mol. The van der Waals surface area contributed by atoms with Crippen molar-refractivity contribution < 1.29 is 22.7 Å². The molecule has 0 bridgehead atoms. The van der Waals surface area contributed by atoms with Gasteiger partial charge in [0.05, 0.1) is 12.7 Å². The molecule has 0 atom stereocenters. The van der Waals surface area contributed by atoms with Gasteiger partial charge in [-0.25, -0.2) is 14.0 Å². The van der Waals surface area contributed by atoms with E-state index in [2.05, 4.69) is 0 Å². The maximum absolute atomic E-state index is 13.3. The molecule has 0 aliphatic rings. The molecule has 0 radical (unpaired) electrons. The van der Waals surface area contributed by atoms with Gasteiger partial charge in [0.25, 0.3) is 0 Å². The van der Waals surface area contributed by atoms with Crippen molar-refractivity contribution in [2.45, 2.75) is 6.61 Å². The zero-order chi connectivity index (χ0) is 22.9. The van der Waals surface area contributed by atoms with Gasteiger partial charge < -0.3 is 18.3 Å². The van der Waals surface area contributed by atoms with Crippen LogP contribution in [-0.2, 0) is 6.61 Å². The molecule has 7 heteroatoms. The van der Waals surface area contributed by atoms with Gasteiger partial charge in [-0.15, -0.1) is 0 Å². The maximum Gasteiger partial charge on any atom is 0.344 e. The number of hydrogen-bond acceptors (Lipinski definition) is 6. The van der Waals surface area contributed by atoms with Crippen LogP contribution in [0.2, 0.25) is 0 Å². The fourth-order valence-corrected chi connectivity index (χ4v) is 3.66. The van der Waals surface area contributed by atoms with E-state index >= 15 is 0 Å². The van der Waals surface area contributed by atoms with Crippen LogP contribution in [-0.4, -0.2) is 7.11 Å². The van der Waals surface area contributed by atoms with E-state index in [0.717, 1.165) is 0 Å². The highest BCUT2D eigenvalue weighted by Gasteiger charge is 2.15. The van der Waals surface area contributed by atoms with Crippen molar-refractivity contribution in [2.75, 3.05) is 7.11 Å². The van der Waals surface area contributed by atoms with E-state index in [1.165, 1.54) is 25.3 Å². The summed E-state index contributed by atoms with van der Waals surface area (Å²) in [5, 5.41) is 1.23. The average Bonchev–Trinajstić information content (AvgIpc) is 2.81. The van der Waals surface area contributed by atoms with Gasteiger partial charge >= 0.3 is 11.3 Å². The summed E-state index contributed by atoms with van der Waals surface area (Å²) in [6.45, 7) is 0.167. The predicted molar refractivity (Wildman–Crippen MR) is 121 cm³/mol. The third-order valence-electron chi connectivity index (χ3n) is 5.24. The molecule has 2 aromatic heterocycles. The smallest absolute Gasteiger partial charge is 0.344 e. The van der Waals surface area contributed by atoms with Crippen molar-refractivity contribution in [3.63, 3.8) is 0 Å². The van der Waals surface area contributed by atoms with E-state index in [4.69, 9.17) is 18.3 Å². The summed E-state index contributed by atoms with van der Waals surface area (Å²) in [5.74, 6) is 0.661. The minimum absolute atomic E-state index is 0.167. The third kappa shape index (κ3) is 4.08. The Balaban J connectivity index is 1.53. The number of methoxy groups -OCH3 is 1. The van der Waals surface area contributed by atoms with Crippen LogP contribution in [0.4, 0.5) is 4.39 Å². The molecule has 5 aromatic rings. The molecule has 0 spiro atoms. The van der Waals surface area contributed by atoms with Crippen LogP contribution in [0.1, 0.15) is 5.56 Å². The number of halogens is 1. The Bertz CT molecular complexity index is 1620. The lowest BCUT2D eigenvalue weighted by molar-refractivity contribution is 0.305. The third-order valence-corrected chi connectivity index (χ3v) is 5.24. The topological polar surface area (TPSA) is 78.9 Å². The van der Waals surface area contributed by atoms with Crippen molar-refractivity contribution in [1.29, 1.82) is 0 Å². The molecule has 164 valence electrons. The van der Waals surface area contributed by atoms with E-state index in [0.29, 0.717) is 44.6 Å². The van der Waals surface area contributed by atoms with Gasteiger partial charge in [0.2, 0.25) is 0 Å². The normalized spacial score (nSPS) is 11.1. The molecule has 0 N–H and O–H groups in total. The molecule has 0 amide bonds. The van der Waals surface area contributed by atoms with Crippen molar-refractivity contribution in [3.8, 4) is 22.6 Å². The molecular weight excluding hydrogens is 427 g/mol. The molecule has 0 saturated heterocycles. The predicted octanol–water partition coefficient (Wildman–Crippen LogP) is 5.29. The summed E-state index contributed by atoms with van der Waals surface area (Å²) in [6, 6.07) is 19.2. The number of ether oxygens (including phenoxy) is 2. The molecule has 3 aromatic carbocycles. The lowest BCUT2D eigenvalue weighted by atomic mass is 10.0. The van der Waals surface area contributed by atoms with Gasteiger partial charge in [-0.3, -0.25) is 0 Å². The second-order valence-corrected chi connectivity index (χ2v) is 7.41. The molecule has 0 aliphatic heterocycles. The first-order chi connectivity index (χ1) is 16.0. The molecule has 0 saturated carbocycles. The Hall–Kier alpha value is -4.39. The average molecular weight is 444 g/mol. The van der Waals surface area contributed by atoms with E-state index in [9.17, 15) is 14.0 Å². The summed E-state index contributed by atoms with van der Waals surface area (Å²) in [7, 11) is 1.51. The van der Waals surface area contributed by atoms with Gasteiger partial charge in [0, 0.05) is 34.5 Å². The highest BCUT2D eigenvalue weighted by Crippen LogP contribution is 2.30. The van der Waals surface area contributed by atoms with Gasteiger partial charge in [0.15, 0.2) is 0 Å². The molecule has 2 heterocycles. The Kier molecular flexibility index (Phi) is 5.14. The molecule has 0 aliphatic carbocycles. The number of fused-ring (bicyclic) bond motifs is 2. The zero-order valence-electron chi connectivity index (χ0n) is 17.5. The summed E-state index contributed by atoms with van der Waals surface area (Å²) < 4.78 is 35.1. The maximum atomic E-state index is 13.3. The quantitative estimate of drug-likeness (QED) is 0.343. The van der Waals surface area contributed by atoms with E-state index in [1.807, 2.05) is 0 Å². The van der Waals surface area contributed by atoms with Crippen LogP contribution in [0.25, 0.3) is 33.1 Å². The molecular formula is C26H17FO6. The minimum atomic E-state index is -0.604. The highest BCUT2D eigenvalue weighted by atomic mass is 19.1.